The van der Waals surface area contributed by atoms with Gasteiger partial charge in [-0.15, -0.1) is 0 Å². The van der Waals surface area contributed by atoms with Crippen molar-refractivity contribution in [1.29, 1.82) is 0 Å². The zero-order valence-corrected chi connectivity index (χ0v) is 11.1. The van der Waals surface area contributed by atoms with Crippen LogP contribution in [-0.2, 0) is 0 Å². The Hall–Kier alpha value is -0.570. The van der Waals surface area contributed by atoms with Crippen LogP contribution in [0.5, 0.6) is 0 Å². The highest BCUT2D eigenvalue weighted by Crippen LogP contribution is 2.22. The number of nitrogens with two attached hydrogens (primary N) is 1. The van der Waals surface area contributed by atoms with Crippen LogP contribution in [0.3, 0.4) is 0 Å². The summed E-state index contributed by atoms with van der Waals surface area (Å²) in [5, 5.41) is 4.47. The van der Waals surface area contributed by atoms with E-state index in [2.05, 4.69) is 24.4 Å². The van der Waals surface area contributed by atoms with Crippen molar-refractivity contribution in [3.05, 3.63) is 34.9 Å². The predicted octanol–water partition coefficient (Wildman–Crippen LogP) is 3.26. The molecule has 0 aromatic heterocycles. The molecule has 2 nitrogen and oxygen atoms in total. The third kappa shape index (κ3) is 3.70. The van der Waals surface area contributed by atoms with Gasteiger partial charge in [-0.05, 0) is 50.3 Å². The SMILES string of the molecule is C[C@H](NC1CCC(N)CC1)c1ccc(Cl)cc1. The van der Waals surface area contributed by atoms with Crippen LogP contribution in [0.15, 0.2) is 24.3 Å². The summed E-state index contributed by atoms with van der Waals surface area (Å²) in [7, 11) is 0. The molecule has 1 aromatic carbocycles. The molecule has 17 heavy (non-hydrogen) atoms. The Morgan fingerprint density at radius 3 is 2.35 bits per heavy atom. The molecule has 1 fully saturated rings. The predicted molar refractivity (Wildman–Crippen MR) is 73.2 cm³/mol. The van der Waals surface area contributed by atoms with Crippen LogP contribution in [0, 0.1) is 0 Å². The number of halogens is 1. The standard InChI is InChI=1S/C14H21ClN2/c1-10(11-2-4-12(15)5-3-11)17-14-8-6-13(16)7-9-14/h2-5,10,13-14,17H,6-9,16H2,1H3/t10-,13?,14?/m0/s1. The topological polar surface area (TPSA) is 38.0 Å². The molecule has 0 radical (unpaired) electrons. The Morgan fingerprint density at radius 2 is 1.76 bits per heavy atom. The third-order valence-corrected chi connectivity index (χ3v) is 3.88. The summed E-state index contributed by atoms with van der Waals surface area (Å²) in [6, 6.07) is 9.49. The van der Waals surface area contributed by atoms with E-state index >= 15 is 0 Å². The second-order valence-corrected chi connectivity index (χ2v) is 5.49. The maximum atomic E-state index is 5.91. The number of rotatable bonds is 3. The van der Waals surface area contributed by atoms with Crippen molar-refractivity contribution in [2.45, 2.75) is 50.7 Å². The lowest BCUT2D eigenvalue weighted by Crippen LogP contribution is -2.38. The quantitative estimate of drug-likeness (QED) is 0.867. The maximum absolute atomic E-state index is 5.91. The zero-order chi connectivity index (χ0) is 12.3. The van der Waals surface area contributed by atoms with Gasteiger partial charge in [0.05, 0.1) is 0 Å². The number of hydrogen-bond donors (Lipinski definition) is 2. The minimum absolute atomic E-state index is 0.381. The van der Waals surface area contributed by atoms with Gasteiger partial charge in [0.25, 0.3) is 0 Å². The molecule has 0 spiro atoms. The van der Waals surface area contributed by atoms with E-state index < -0.39 is 0 Å². The fourth-order valence-electron chi connectivity index (χ4n) is 2.49. The van der Waals surface area contributed by atoms with Crippen molar-refractivity contribution in [3.63, 3.8) is 0 Å². The Balaban J connectivity index is 1.88. The molecule has 3 N–H and O–H groups in total. The van der Waals surface area contributed by atoms with Crippen molar-refractivity contribution in [2.24, 2.45) is 5.73 Å². The van der Waals surface area contributed by atoms with Gasteiger partial charge in [-0.1, -0.05) is 23.7 Å². The Bertz CT molecular complexity index is 342. The Kier molecular flexibility index (Phi) is 4.43. The summed E-state index contributed by atoms with van der Waals surface area (Å²) in [5.74, 6) is 0. The summed E-state index contributed by atoms with van der Waals surface area (Å²) in [6.45, 7) is 2.21. The minimum Gasteiger partial charge on any atom is -0.328 e. The fourth-order valence-corrected chi connectivity index (χ4v) is 2.61. The largest absolute Gasteiger partial charge is 0.328 e. The Labute approximate surface area is 109 Å². The molecule has 3 heteroatoms. The molecule has 0 amide bonds. The zero-order valence-electron chi connectivity index (χ0n) is 10.3. The molecule has 2 rings (SSSR count). The highest BCUT2D eigenvalue weighted by atomic mass is 35.5. The van der Waals surface area contributed by atoms with Crippen molar-refractivity contribution in [3.8, 4) is 0 Å². The second-order valence-electron chi connectivity index (χ2n) is 5.05. The third-order valence-electron chi connectivity index (χ3n) is 3.63. The van der Waals surface area contributed by atoms with Gasteiger partial charge in [0.15, 0.2) is 0 Å². The van der Waals surface area contributed by atoms with E-state index in [1.807, 2.05) is 12.1 Å². The molecule has 1 saturated carbocycles. The van der Waals surface area contributed by atoms with E-state index in [1.54, 1.807) is 0 Å². The first kappa shape index (κ1) is 12.9. The van der Waals surface area contributed by atoms with Gasteiger partial charge in [-0.25, -0.2) is 0 Å². The highest BCUT2D eigenvalue weighted by Gasteiger charge is 2.20. The summed E-state index contributed by atoms with van der Waals surface area (Å²) in [5.41, 5.74) is 7.21. The molecule has 1 aliphatic carbocycles. The maximum Gasteiger partial charge on any atom is 0.0406 e. The van der Waals surface area contributed by atoms with Gasteiger partial charge >= 0.3 is 0 Å². The molecule has 1 aromatic rings. The van der Waals surface area contributed by atoms with Crippen LogP contribution in [-0.4, -0.2) is 12.1 Å². The smallest absolute Gasteiger partial charge is 0.0406 e. The number of hydrogen-bond acceptors (Lipinski definition) is 2. The second kappa shape index (κ2) is 5.85. The summed E-state index contributed by atoms with van der Waals surface area (Å²) >= 11 is 5.89. The first-order valence-corrected chi connectivity index (χ1v) is 6.80. The first-order valence-electron chi connectivity index (χ1n) is 6.42. The number of benzene rings is 1. The average Bonchev–Trinajstić information content (AvgIpc) is 2.33. The fraction of sp³-hybridized carbons (Fsp3) is 0.571. The van der Waals surface area contributed by atoms with Crippen LogP contribution < -0.4 is 11.1 Å². The lowest BCUT2D eigenvalue weighted by atomic mass is 9.91. The first-order chi connectivity index (χ1) is 8.15. The molecule has 0 heterocycles. The number of nitrogens with one attached hydrogen (secondary N) is 1. The summed E-state index contributed by atoms with van der Waals surface area (Å²) < 4.78 is 0. The van der Waals surface area contributed by atoms with E-state index in [9.17, 15) is 0 Å². The van der Waals surface area contributed by atoms with Crippen LogP contribution in [0.2, 0.25) is 5.02 Å². The van der Waals surface area contributed by atoms with Gasteiger partial charge in [0.1, 0.15) is 0 Å². The molecule has 0 saturated heterocycles. The average molecular weight is 253 g/mol. The van der Waals surface area contributed by atoms with Gasteiger partial charge in [0, 0.05) is 23.1 Å². The molecular weight excluding hydrogens is 232 g/mol. The molecule has 0 bridgehead atoms. The summed E-state index contributed by atoms with van der Waals surface area (Å²) in [4.78, 5) is 0. The van der Waals surface area contributed by atoms with Crippen LogP contribution in [0.1, 0.15) is 44.2 Å². The van der Waals surface area contributed by atoms with E-state index in [0.717, 1.165) is 17.9 Å². The van der Waals surface area contributed by atoms with Crippen LogP contribution in [0.4, 0.5) is 0 Å². The molecular formula is C14H21ClN2. The van der Waals surface area contributed by atoms with E-state index in [4.69, 9.17) is 17.3 Å². The van der Waals surface area contributed by atoms with Gasteiger partial charge in [-0.2, -0.15) is 0 Å². The van der Waals surface area contributed by atoms with Crippen molar-refractivity contribution >= 4 is 11.6 Å². The van der Waals surface area contributed by atoms with Gasteiger partial charge in [0.2, 0.25) is 0 Å². The van der Waals surface area contributed by atoms with Crippen molar-refractivity contribution in [2.75, 3.05) is 0 Å². The lowest BCUT2D eigenvalue weighted by Gasteiger charge is -2.29. The van der Waals surface area contributed by atoms with E-state index in [-0.39, 0.29) is 0 Å². The molecule has 1 aliphatic rings. The minimum atomic E-state index is 0.381. The summed E-state index contributed by atoms with van der Waals surface area (Å²) in [6.07, 6.45) is 4.67. The normalized spacial score (nSPS) is 26.8. The van der Waals surface area contributed by atoms with Gasteiger partial charge < -0.3 is 11.1 Å². The van der Waals surface area contributed by atoms with Crippen molar-refractivity contribution < 1.29 is 0 Å². The molecule has 94 valence electrons. The monoisotopic (exact) mass is 252 g/mol. The van der Waals surface area contributed by atoms with Crippen LogP contribution >= 0.6 is 11.6 Å². The molecule has 0 aliphatic heterocycles. The highest BCUT2D eigenvalue weighted by molar-refractivity contribution is 6.30. The molecule has 1 atom stereocenters. The van der Waals surface area contributed by atoms with E-state index in [1.165, 1.54) is 18.4 Å². The lowest BCUT2D eigenvalue weighted by molar-refractivity contribution is 0.322. The van der Waals surface area contributed by atoms with E-state index in [0.29, 0.717) is 18.1 Å². The van der Waals surface area contributed by atoms with Gasteiger partial charge in [-0.3, -0.25) is 0 Å². The Morgan fingerprint density at radius 1 is 1.18 bits per heavy atom. The molecule has 0 unspecified atom stereocenters. The van der Waals surface area contributed by atoms with Crippen LogP contribution in [0.25, 0.3) is 0 Å². The van der Waals surface area contributed by atoms with Crippen molar-refractivity contribution in [1.82, 2.24) is 5.32 Å².